The van der Waals surface area contributed by atoms with Crippen molar-refractivity contribution in [2.24, 2.45) is 0 Å². The summed E-state index contributed by atoms with van der Waals surface area (Å²) in [6, 6.07) is 6.58. The zero-order valence-electron chi connectivity index (χ0n) is 16.7. The minimum Gasteiger partial charge on any atom is -0.305 e. The van der Waals surface area contributed by atoms with E-state index >= 15 is 0 Å². The molecule has 0 aliphatic rings. The van der Waals surface area contributed by atoms with Gasteiger partial charge in [0.15, 0.2) is 0 Å². The van der Waals surface area contributed by atoms with Crippen molar-refractivity contribution in [2.75, 3.05) is 13.2 Å². The van der Waals surface area contributed by atoms with Crippen LogP contribution < -0.4 is 5.32 Å². The standard InChI is InChI=1S/C19H18ClF5N2.C2H6.CH4/c1-11(19(23,24)25)16-9-13(18(2,3)26-7-6-21)10-17(27-16)12-4-5-15(22)14(20)8-12;1-2;/h4-5,8-10,26H,1,6-7H2,2-3H3;1-2H3;1H4. The number of allylic oxidation sites excluding steroid dienone is 1. The molecule has 1 heterocycles. The van der Waals surface area contributed by atoms with Crippen LogP contribution in [0.25, 0.3) is 16.8 Å². The maximum absolute atomic E-state index is 13.4. The third kappa shape index (κ3) is 7.06. The highest BCUT2D eigenvalue weighted by molar-refractivity contribution is 6.31. The van der Waals surface area contributed by atoms with Gasteiger partial charge in [0.25, 0.3) is 0 Å². The van der Waals surface area contributed by atoms with E-state index in [9.17, 15) is 22.0 Å². The molecule has 0 radical (unpaired) electrons. The largest absolute Gasteiger partial charge is 0.417 e. The van der Waals surface area contributed by atoms with Gasteiger partial charge in [0, 0.05) is 17.6 Å². The van der Waals surface area contributed by atoms with Crippen molar-refractivity contribution in [3.05, 3.63) is 59.0 Å². The average molecular weight is 451 g/mol. The van der Waals surface area contributed by atoms with Gasteiger partial charge < -0.3 is 5.32 Å². The van der Waals surface area contributed by atoms with Gasteiger partial charge in [-0.3, -0.25) is 0 Å². The second-order valence-electron chi connectivity index (χ2n) is 6.47. The molecular weight excluding hydrogens is 423 g/mol. The molecule has 2 nitrogen and oxygen atoms in total. The molecule has 0 atom stereocenters. The summed E-state index contributed by atoms with van der Waals surface area (Å²) in [6.07, 6.45) is -4.67. The van der Waals surface area contributed by atoms with Gasteiger partial charge in [-0.05, 0) is 49.7 Å². The number of benzene rings is 1. The minimum atomic E-state index is -4.67. The molecule has 2 aromatic rings. The van der Waals surface area contributed by atoms with Gasteiger partial charge >= 0.3 is 6.18 Å². The highest BCUT2D eigenvalue weighted by Gasteiger charge is 2.35. The first-order valence-electron chi connectivity index (χ1n) is 9.01. The fraction of sp³-hybridized carbons (Fsp3) is 0.409. The lowest BCUT2D eigenvalue weighted by Crippen LogP contribution is -2.38. The van der Waals surface area contributed by atoms with Gasteiger partial charge in [-0.2, -0.15) is 13.2 Å². The number of hydrogen-bond donors (Lipinski definition) is 1. The first kappa shape index (κ1) is 28.0. The Kier molecular flexibility index (Phi) is 10.7. The number of alkyl halides is 4. The van der Waals surface area contributed by atoms with Crippen molar-refractivity contribution < 1.29 is 22.0 Å². The van der Waals surface area contributed by atoms with Gasteiger partial charge in [-0.15, -0.1) is 0 Å². The average Bonchev–Trinajstić information content (AvgIpc) is 2.68. The predicted octanol–water partition coefficient (Wildman–Crippen LogP) is 7.57. The van der Waals surface area contributed by atoms with Crippen LogP contribution in [0.3, 0.4) is 0 Å². The monoisotopic (exact) mass is 450 g/mol. The molecule has 0 fully saturated rings. The van der Waals surface area contributed by atoms with Gasteiger partial charge in [0.2, 0.25) is 0 Å². The summed E-state index contributed by atoms with van der Waals surface area (Å²) in [5, 5.41) is 2.75. The summed E-state index contributed by atoms with van der Waals surface area (Å²) < 4.78 is 65.4. The van der Waals surface area contributed by atoms with Gasteiger partial charge in [-0.1, -0.05) is 39.5 Å². The molecule has 1 aromatic heterocycles. The Labute approximate surface area is 180 Å². The number of aromatic nitrogens is 1. The SMILES string of the molecule is C.C=C(c1cc(C(C)(C)NCCF)cc(-c2ccc(F)c(Cl)c2)n1)C(F)(F)F.CC. The van der Waals surface area contributed by atoms with Crippen LogP contribution in [0.1, 0.15) is 46.4 Å². The van der Waals surface area contributed by atoms with E-state index in [0.717, 1.165) is 6.07 Å². The summed E-state index contributed by atoms with van der Waals surface area (Å²) in [7, 11) is 0. The molecule has 0 saturated carbocycles. The fourth-order valence-electron chi connectivity index (χ4n) is 2.46. The van der Waals surface area contributed by atoms with Crippen molar-refractivity contribution in [2.45, 2.75) is 46.8 Å². The lowest BCUT2D eigenvalue weighted by Gasteiger charge is -2.28. The summed E-state index contributed by atoms with van der Waals surface area (Å²) in [6.45, 7) is 9.91. The zero-order valence-corrected chi connectivity index (χ0v) is 17.5. The first-order chi connectivity index (χ1) is 13.5. The van der Waals surface area contributed by atoms with E-state index in [-0.39, 0.29) is 30.4 Å². The summed E-state index contributed by atoms with van der Waals surface area (Å²) >= 11 is 5.78. The number of halogens is 6. The van der Waals surface area contributed by atoms with E-state index < -0.39 is 29.8 Å². The van der Waals surface area contributed by atoms with Crippen LogP contribution in [0, 0.1) is 5.82 Å². The number of rotatable bonds is 6. The van der Waals surface area contributed by atoms with Crippen molar-refractivity contribution in [1.82, 2.24) is 10.3 Å². The molecule has 1 aromatic carbocycles. The van der Waals surface area contributed by atoms with Crippen LogP contribution in [0.5, 0.6) is 0 Å². The van der Waals surface area contributed by atoms with Crippen LogP contribution in [-0.4, -0.2) is 24.4 Å². The van der Waals surface area contributed by atoms with Crippen LogP contribution in [0.15, 0.2) is 36.9 Å². The molecule has 30 heavy (non-hydrogen) atoms. The third-order valence-electron chi connectivity index (χ3n) is 4.08. The van der Waals surface area contributed by atoms with E-state index in [1.807, 2.05) is 13.8 Å². The third-order valence-corrected chi connectivity index (χ3v) is 4.36. The van der Waals surface area contributed by atoms with E-state index in [1.54, 1.807) is 19.9 Å². The Balaban J connectivity index is 0.00000272. The quantitative estimate of drug-likeness (QED) is 0.459. The van der Waals surface area contributed by atoms with Crippen molar-refractivity contribution in [3.63, 3.8) is 0 Å². The lowest BCUT2D eigenvalue weighted by molar-refractivity contribution is -0.0689. The molecular formula is C22H28ClF5N2. The van der Waals surface area contributed by atoms with E-state index in [1.165, 1.54) is 18.2 Å². The summed E-state index contributed by atoms with van der Waals surface area (Å²) in [4.78, 5) is 4.03. The van der Waals surface area contributed by atoms with E-state index in [4.69, 9.17) is 11.6 Å². The Morgan fingerprint density at radius 1 is 1.13 bits per heavy atom. The van der Waals surface area contributed by atoms with Crippen LogP contribution >= 0.6 is 11.6 Å². The number of nitrogens with zero attached hydrogens (tertiary/aromatic N) is 1. The fourth-order valence-corrected chi connectivity index (χ4v) is 2.64. The highest BCUT2D eigenvalue weighted by atomic mass is 35.5. The zero-order chi connectivity index (χ0) is 22.4. The molecule has 0 aliphatic carbocycles. The Bertz CT molecular complexity index is 848. The normalized spacial score (nSPS) is 11.3. The number of hydrogen-bond acceptors (Lipinski definition) is 2. The molecule has 168 valence electrons. The molecule has 0 aliphatic heterocycles. The molecule has 0 saturated heterocycles. The summed E-state index contributed by atoms with van der Waals surface area (Å²) in [5.74, 6) is -0.651. The van der Waals surface area contributed by atoms with E-state index in [2.05, 4.69) is 16.9 Å². The second kappa shape index (κ2) is 11.4. The Morgan fingerprint density at radius 3 is 2.23 bits per heavy atom. The number of pyridine rings is 1. The number of nitrogens with one attached hydrogen (secondary N) is 1. The lowest BCUT2D eigenvalue weighted by atomic mass is 9.91. The minimum absolute atomic E-state index is 0. The topological polar surface area (TPSA) is 24.9 Å². The Hall–Kier alpha value is -1.99. The molecule has 0 bridgehead atoms. The molecule has 2 rings (SSSR count). The van der Waals surface area contributed by atoms with Crippen molar-refractivity contribution >= 4 is 17.2 Å². The molecule has 8 heteroatoms. The maximum Gasteiger partial charge on any atom is 0.417 e. The van der Waals surface area contributed by atoms with Crippen molar-refractivity contribution in [1.29, 1.82) is 0 Å². The second-order valence-corrected chi connectivity index (χ2v) is 6.88. The summed E-state index contributed by atoms with van der Waals surface area (Å²) in [5.41, 5.74) is -1.35. The molecule has 0 unspecified atom stereocenters. The Morgan fingerprint density at radius 2 is 1.73 bits per heavy atom. The first-order valence-corrected chi connectivity index (χ1v) is 9.39. The predicted molar refractivity (Wildman–Crippen MR) is 115 cm³/mol. The van der Waals surface area contributed by atoms with Gasteiger partial charge in [-0.25, -0.2) is 13.8 Å². The van der Waals surface area contributed by atoms with Gasteiger partial charge in [0.1, 0.15) is 12.5 Å². The van der Waals surface area contributed by atoms with Crippen LogP contribution in [0.4, 0.5) is 22.0 Å². The highest BCUT2D eigenvalue weighted by Crippen LogP contribution is 2.35. The molecule has 1 N–H and O–H groups in total. The van der Waals surface area contributed by atoms with Crippen LogP contribution in [0.2, 0.25) is 5.02 Å². The van der Waals surface area contributed by atoms with Crippen molar-refractivity contribution in [3.8, 4) is 11.3 Å². The smallest absolute Gasteiger partial charge is 0.305 e. The molecule has 0 spiro atoms. The maximum atomic E-state index is 13.4. The van der Waals surface area contributed by atoms with E-state index in [0.29, 0.717) is 11.1 Å². The van der Waals surface area contributed by atoms with Crippen LogP contribution in [-0.2, 0) is 5.54 Å². The van der Waals surface area contributed by atoms with Gasteiger partial charge in [0.05, 0.1) is 22.0 Å². The molecule has 0 amide bonds.